The summed E-state index contributed by atoms with van der Waals surface area (Å²) in [5, 5.41) is 2.79. The molecular formula is C18H17N3O2S. The normalized spacial score (nSPS) is 15.8. The summed E-state index contributed by atoms with van der Waals surface area (Å²) in [7, 11) is 0. The van der Waals surface area contributed by atoms with Crippen LogP contribution in [0.15, 0.2) is 46.7 Å². The Morgan fingerprint density at radius 1 is 1.25 bits per heavy atom. The van der Waals surface area contributed by atoms with E-state index < -0.39 is 0 Å². The van der Waals surface area contributed by atoms with Crippen LogP contribution in [0.5, 0.6) is 0 Å². The van der Waals surface area contributed by atoms with Crippen LogP contribution in [0.4, 0.5) is 0 Å². The third-order valence-corrected chi connectivity index (χ3v) is 5.43. The largest absolute Gasteiger partial charge is 0.338 e. The highest BCUT2D eigenvalue weighted by molar-refractivity contribution is 7.12. The number of H-pyrrole nitrogens is 1. The molecule has 0 spiro atoms. The number of piperidine rings is 1. The van der Waals surface area contributed by atoms with Gasteiger partial charge in [-0.25, -0.2) is 0 Å². The quantitative estimate of drug-likeness (QED) is 0.780. The van der Waals surface area contributed by atoms with E-state index in [9.17, 15) is 9.59 Å². The van der Waals surface area contributed by atoms with Gasteiger partial charge in [-0.2, -0.15) is 0 Å². The lowest BCUT2D eigenvalue weighted by Gasteiger charge is -2.31. The zero-order valence-corrected chi connectivity index (χ0v) is 13.9. The van der Waals surface area contributed by atoms with Crippen molar-refractivity contribution in [1.82, 2.24) is 14.9 Å². The average Bonchev–Trinajstić information content (AvgIpc) is 3.16. The fourth-order valence-electron chi connectivity index (χ4n) is 3.29. The Kier molecular flexibility index (Phi) is 3.90. The van der Waals surface area contributed by atoms with Crippen molar-refractivity contribution in [3.05, 3.63) is 62.8 Å². The first-order chi connectivity index (χ1) is 11.7. The van der Waals surface area contributed by atoms with Crippen LogP contribution in [0.25, 0.3) is 10.9 Å². The number of hydrogen-bond donors (Lipinski definition) is 1. The van der Waals surface area contributed by atoms with Gasteiger partial charge in [-0.05, 0) is 36.4 Å². The van der Waals surface area contributed by atoms with E-state index in [0.29, 0.717) is 18.6 Å². The Morgan fingerprint density at radius 3 is 2.83 bits per heavy atom. The molecule has 1 amide bonds. The third kappa shape index (κ3) is 2.73. The molecule has 1 N–H and O–H groups in total. The monoisotopic (exact) mass is 339 g/mol. The lowest BCUT2D eigenvalue weighted by molar-refractivity contribution is 0.0717. The van der Waals surface area contributed by atoms with Crippen LogP contribution in [0.2, 0.25) is 0 Å². The number of hydrogen-bond acceptors (Lipinski definition) is 4. The Morgan fingerprint density at radius 2 is 2.08 bits per heavy atom. The molecule has 6 heteroatoms. The van der Waals surface area contributed by atoms with Crippen molar-refractivity contribution in [2.45, 2.75) is 18.8 Å². The molecule has 24 heavy (non-hydrogen) atoms. The smallest absolute Gasteiger partial charge is 0.274 e. The first-order valence-corrected chi connectivity index (χ1v) is 8.91. The first-order valence-electron chi connectivity index (χ1n) is 8.03. The molecule has 4 rings (SSSR count). The zero-order chi connectivity index (χ0) is 16.5. The second-order valence-corrected chi connectivity index (χ2v) is 6.99. The molecule has 1 fully saturated rings. The molecular weight excluding hydrogens is 322 g/mol. The minimum Gasteiger partial charge on any atom is -0.338 e. The summed E-state index contributed by atoms with van der Waals surface area (Å²) in [5.74, 6) is 0.384. The Labute approximate surface area is 143 Å². The van der Waals surface area contributed by atoms with E-state index in [1.54, 1.807) is 6.20 Å². The molecule has 0 atom stereocenters. The van der Waals surface area contributed by atoms with E-state index in [4.69, 9.17) is 0 Å². The second kappa shape index (κ2) is 6.20. The van der Waals surface area contributed by atoms with Crippen molar-refractivity contribution in [2.24, 2.45) is 0 Å². The number of amides is 1. The molecule has 0 saturated carbocycles. The number of carbonyl (C=O) groups excluding carboxylic acids is 1. The zero-order valence-electron chi connectivity index (χ0n) is 13.1. The SMILES string of the molecule is O=C(c1cccs1)N1CCC(c2cc3cccnc3c(=O)[nH]2)CC1. The van der Waals surface area contributed by atoms with Gasteiger partial charge in [0.2, 0.25) is 0 Å². The molecule has 0 unspecified atom stereocenters. The van der Waals surface area contributed by atoms with Crippen molar-refractivity contribution in [2.75, 3.05) is 13.1 Å². The van der Waals surface area contributed by atoms with Crippen molar-refractivity contribution in [3.63, 3.8) is 0 Å². The molecule has 5 nitrogen and oxygen atoms in total. The first kappa shape index (κ1) is 15.1. The van der Waals surface area contributed by atoms with Crippen molar-refractivity contribution in [3.8, 4) is 0 Å². The van der Waals surface area contributed by atoms with Crippen molar-refractivity contribution >= 4 is 28.1 Å². The molecule has 0 aromatic carbocycles. The number of carbonyl (C=O) groups is 1. The van der Waals surface area contributed by atoms with Gasteiger partial charge in [0.25, 0.3) is 11.5 Å². The number of thiophene rings is 1. The number of aromatic nitrogens is 2. The molecule has 0 bridgehead atoms. The molecule has 1 saturated heterocycles. The fourth-order valence-corrected chi connectivity index (χ4v) is 3.98. The molecule has 1 aliphatic rings. The predicted octanol–water partition coefficient (Wildman–Crippen LogP) is 3.00. The van der Waals surface area contributed by atoms with Gasteiger partial charge < -0.3 is 9.88 Å². The highest BCUT2D eigenvalue weighted by Gasteiger charge is 2.25. The van der Waals surface area contributed by atoms with E-state index in [1.165, 1.54) is 11.3 Å². The molecule has 1 aliphatic heterocycles. The summed E-state index contributed by atoms with van der Waals surface area (Å²) >= 11 is 1.48. The number of rotatable bonds is 2. The topological polar surface area (TPSA) is 66.1 Å². The summed E-state index contributed by atoms with van der Waals surface area (Å²) in [5.41, 5.74) is 1.29. The van der Waals surface area contributed by atoms with Crippen molar-refractivity contribution < 1.29 is 4.79 Å². The molecule has 4 heterocycles. The lowest BCUT2D eigenvalue weighted by atomic mass is 9.92. The Hall–Kier alpha value is -2.47. The number of likely N-dealkylation sites (tertiary alicyclic amines) is 1. The summed E-state index contributed by atoms with van der Waals surface area (Å²) in [6.07, 6.45) is 3.35. The summed E-state index contributed by atoms with van der Waals surface area (Å²) in [4.78, 5) is 34.4. The number of pyridine rings is 2. The van der Waals surface area contributed by atoms with Crippen LogP contribution in [0.3, 0.4) is 0 Å². The minimum absolute atomic E-state index is 0.111. The Balaban J connectivity index is 1.52. The summed E-state index contributed by atoms with van der Waals surface area (Å²) in [6.45, 7) is 1.43. The van der Waals surface area contributed by atoms with Gasteiger partial charge in [-0.15, -0.1) is 11.3 Å². The lowest BCUT2D eigenvalue weighted by Crippen LogP contribution is -2.37. The van der Waals surface area contributed by atoms with Gasteiger partial charge in [0, 0.05) is 36.3 Å². The summed E-state index contributed by atoms with van der Waals surface area (Å²) < 4.78 is 0. The highest BCUT2D eigenvalue weighted by Crippen LogP contribution is 2.28. The number of fused-ring (bicyclic) bond motifs is 1. The van der Waals surface area contributed by atoms with Crippen LogP contribution < -0.4 is 5.56 Å². The van der Waals surface area contributed by atoms with Crippen LogP contribution >= 0.6 is 11.3 Å². The molecule has 122 valence electrons. The Bertz CT molecular complexity index is 925. The van der Waals surface area contributed by atoms with E-state index in [0.717, 1.165) is 28.8 Å². The van der Waals surface area contributed by atoms with E-state index in [1.807, 2.05) is 40.6 Å². The van der Waals surface area contributed by atoms with Crippen LogP contribution in [-0.4, -0.2) is 33.9 Å². The van der Waals surface area contributed by atoms with E-state index in [2.05, 4.69) is 9.97 Å². The van der Waals surface area contributed by atoms with Crippen LogP contribution in [-0.2, 0) is 0 Å². The predicted molar refractivity (Wildman–Crippen MR) is 94.6 cm³/mol. The molecule has 0 radical (unpaired) electrons. The molecule has 0 aliphatic carbocycles. The maximum absolute atomic E-state index is 12.4. The molecule has 3 aromatic heterocycles. The summed E-state index contributed by atoms with van der Waals surface area (Å²) in [6, 6.07) is 9.54. The van der Waals surface area contributed by atoms with Crippen molar-refractivity contribution in [1.29, 1.82) is 0 Å². The third-order valence-electron chi connectivity index (χ3n) is 4.58. The van der Waals surface area contributed by atoms with Gasteiger partial charge in [0.05, 0.1) is 4.88 Å². The maximum atomic E-state index is 12.4. The average molecular weight is 339 g/mol. The van der Waals surface area contributed by atoms with Gasteiger partial charge in [-0.3, -0.25) is 14.6 Å². The van der Waals surface area contributed by atoms with Crippen LogP contribution in [0, 0.1) is 0 Å². The number of nitrogens with one attached hydrogen (secondary N) is 1. The van der Waals surface area contributed by atoms with Gasteiger partial charge in [-0.1, -0.05) is 12.1 Å². The number of nitrogens with zero attached hydrogens (tertiary/aromatic N) is 2. The fraction of sp³-hybridized carbons (Fsp3) is 0.278. The standard InChI is InChI=1S/C18H17N3O2S/c22-17-16-13(3-1-7-19-16)11-14(20-17)12-5-8-21(9-6-12)18(23)15-4-2-10-24-15/h1-4,7,10-12H,5-6,8-9H2,(H,20,22). The number of aromatic amines is 1. The highest BCUT2D eigenvalue weighted by atomic mass is 32.1. The molecule has 3 aromatic rings. The van der Waals surface area contributed by atoms with Gasteiger partial charge in [0.1, 0.15) is 5.52 Å². The van der Waals surface area contributed by atoms with E-state index >= 15 is 0 Å². The van der Waals surface area contributed by atoms with E-state index in [-0.39, 0.29) is 17.4 Å². The minimum atomic E-state index is -0.139. The second-order valence-electron chi connectivity index (χ2n) is 6.04. The van der Waals surface area contributed by atoms with Gasteiger partial charge >= 0.3 is 0 Å². The van der Waals surface area contributed by atoms with Gasteiger partial charge in [0.15, 0.2) is 0 Å². The maximum Gasteiger partial charge on any atom is 0.274 e. The van der Waals surface area contributed by atoms with Crippen LogP contribution in [0.1, 0.15) is 34.1 Å².